The average Bonchev–Trinajstić information content (AvgIpc) is 3.15. The lowest BCUT2D eigenvalue weighted by molar-refractivity contribution is -0.141. The SMILES string of the molecule is COc1ccc([C@H]2C3=CC[C@@H]4C(=O)N(CCCCCC(=O)O)C(=O)[C@@H]4[C@@H]3CC3=C2C(=O)C=C(Br)C3=O)c(O)c1. The summed E-state index contributed by atoms with van der Waals surface area (Å²) in [4.78, 5) is 65.6. The predicted octanol–water partition coefficient (Wildman–Crippen LogP) is 3.81. The van der Waals surface area contributed by atoms with E-state index in [4.69, 9.17) is 9.84 Å². The molecule has 4 aliphatic rings. The molecule has 4 atom stereocenters. The van der Waals surface area contributed by atoms with Crippen molar-refractivity contribution < 1.29 is 38.9 Å². The Labute approximate surface area is 233 Å². The molecule has 204 valence electrons. The number of carboxylic acids is 1. The molecule has 0 spiro atoms. The Kier molecular flexibility index (Phi) is 7.33. The molecule has 2 N–H and O–H groups in total. The normalized spacial score (nSPS) is 26.2. The molecular formula is C29H28BrNO8. The number of likely N-dealkylation sites (tertiary alicyclic amines) is 1. The Hall–Kier alpha value is -3.53. The molecular weight excluding hydrogens is 570 g/mol. The van der Waals surface area contributed by atoms with Gasteiger partial charge >= 0.3 is 5.97 Å². The van der Waals surface area contributed by atoms with Gasteiger partial charge in [0.25, 0.3) is 0 Å². The monoisotopic (exact) mass is 597 g/mol. The second-order valence-electron chi connectivity index (χ2n) is 10.4. The van der Waals surface area contributed by atoms with Crippen LogP contribution in [0, 0.1) is 17.8 Å². The molecule has 5 rings (SSSR count). The number of halogens is 1. The van der Waals surface area contributed by atoms with Crippen LogP contribution in [0.3, 0.4) is 0 Å². The summed E-state index contributed by atoms with van der Waals surface area (Å²) in [5.41, 5.74) is 1.77. The molecule has 9 nitrogen and oxygen atoms in total. The molecule has 0 saturated carbocycles. The number of hydrogen-bond acceptors (Lipinski definition) is 7. The minimum absolute atomic E-state index is 0.0380. The van der Waals surface area contributed by atoms with Crippen molar-refractivity contribution in [2.45, 2.75) is 44.4 Å². The fraction of sp³-hybridized carbons (Fsp3) is 0.414. The molecule has 10 heteroatoms. The molecule has 1 saturated heterocycles. The quantitative estimate of drug-likeness (QED) is 0.200. The van der Waals surface area contributed by atoms with Crippen molar-refractivity contribution in [3.8, 4) is 11.5 Å². The minimum Gasteiger partial charge on any atom is -0.507 e. The molecule has 2 amide bonds. The van der Waals surface area contributed by atoms with Crippen LogP contribution in [0.15, 0.2) is 51.6 Å². The van der Waals surface area contributed by atoms with Crippen LogP contribution in [0.25, 0.3) is 0 Å². The molecule has 1 heterocycles. The van der Waals surface area contributed by atoms with Crippen molar-refractivity contribution in [1.82, 2.24) is 4.90 Å². The summed E-state index contributed by atoms with van der Waals surface area (Å²) in [6, 6.07) is 4.78. The van der Waals surface area contributed by atoms with Crippen LogP contribution in [-0.2, 0) is 24.0 Å². The summed E-state index contributed by atoms with van der Waals surface area (Å²) in [6.45, 7) is 0.217. The lowest BCUT2D eigenvalue weighted by atomic mass is 9.59. The third kappa shape index (κ3) is 4.64. The first-order valence-electron chi connectivity index (χ1n) is 13.0. The molecule has 0 aromatic heterocycles. The lowest BCUT2D eigenvalue weighted by Crippen LogP contribution is -2.39. The molecule has 0 unspecified atom stereocenters. The predicted molar refractivity (Wildman–Crippen MR) is 142 cm³/mol. The number of carbonyl (C=O) groups excluding carboxylic acids is 4. The van der Waals surface area contributed by atoms with E-state index in [2.05, 4.69) is 15.9 Å². The second kappa shape index (κ2) is 10.6. The number of phenolic OH excluding ortho intramolecular Hbond substituents is 1. The summed E-state index contributed by atoms with van der Waals surface area (Å²) in [5, 5.41) is 19.8. The van der Waals surface area contributed by atoms with Gasteiger partial charge in [0.05, 0.1) is 23.4 Å². The first-order valence-corrected chi connectivity index (χ1v) is 13.8. The maximum atomic E-state index is 13.7. The highest BCUT2D eigenvalue weighted by molar-refractivity contribution is 9.12. The van der Waals surface area contributed by atoms with Gasteiger partial charge in [0.2, 0.25) is 11.8 Å². The lowest BCUT2D eigenvalue weighted by Gasteiger charge is -2.42. The zero-order valence-electron chi connectivity index (χ0n) is 21.3. The van der Waals surface area contributed by atoms with Gasteiger partial charge in [-0.15, -0.1) is 0 Å². The fourth-order valence-electron chi connectivity index (χ4n) is 6.47. The van der Waals surface area contributed by atoms with Crippen LogP contribution in [0.4, 0.5) is 0 Å². The maximum Gasteiger partial charge on any atom is 0.303 e. The largest absolute Gasteiger partial charge is 0.507 e. The molecule has 3 aliphatic carbocycles. The highest BCUT2D eigenvalue weighted by atomic mass is 79.9. The number of imide groups is 1. The number of allylic oxidation sites excluding steroid dienone is 6. The van der Waals surface area contributed by atoms with E-state index in [9.17, 15) is 29.1 Å². The van der Waals surface area contributed by atoms with Crippen molar-refractivity contribution >= 4 is 45.3 Å². The summed E-state index contributed by atoms with van der Waals surface area (Å²) in [7, 11) is 1.47. The van der Waals surface area contributed by atoms with Crippen molar-refractivity contribution in [3.63, 3.8) is 0 Å². The number of benzene rings is 1. The van der Waals surface area contributed by atoms with E-state index in [1.165, 1.54) is 24.2 Å². The van der Waals surface area contributed by atoms with Crippen LogP contribution in [0.5, 0.6) is 11.5 Å². The van der Waals surface area contributed by atoms with E-state index in [1.54, 1.807) is 12.1 Å². The van der Waals surface area contributed by atoms with Gasteiger partial charge in [-0.3, -0.25) is 28.9 Å². The molecule has 0 bridgehead atoms. The number of aromatic hydroxyl groups is 1. The standard InChI is InChI=1S/C29H28BrNO8/c1-39-14-6-7-16(21(32)11-14)24-15-8-9-17-25(18(15)12-19-26(24)22(33)13-20(30)27(19)36)29(38)31(28(17)37)10-4-2-3-5-23(34)35/h6-8,11,13,17-18,24-25,32H,2-5,9-10,12H2,1H3,(H,34,35)/t17-,18+,24+,25-/m0/s1. The summed E-state index contributed by atoms with van der Waals surface area (Å²) in [5.74, 6) is -4.25. The number of rotatable bonds is 8. The number of fused-ring (bicyclic) bond motifs is 3. The number of hydrogen-bond donors (Lipinski definition) is 2. The molecule has 1 fully saturated rings. The molecule has 39 heavy (non-hydrogen) atoms. The molecule has 1 aliphatic heterocycles. The van der Waals surface area contributed by atoms with Gasteiger partial charge in [0, 0.05) is 47.7 Å². The van der Waals surface area contributed by atoms with Gasteiger partial charge in [-0.25, -0.2) is 0 Å². The summed E-state index contributed by atoms with van der Waals surface area (Å²) >= 11 is 3.20. The number of ketones is 2. The highest BCUT2D eigenvalue weighted by Gasteiger charge is 2.56. The highest BCUT2D eigenvalue weighted by Crippen LogP contribution is 2.56. The van der Waals surface area contributed by atoms with E-state index < -0.39 is 29.6 Å². The summed E-state index contributed by atoms with van der Waals surface area (Å²) in [6.07, 6.45) is 5.21. The van der Waals surface area contributed by atoms with E-state index in [1.807, 2.05) is 6.08 Å². The smallest absolute Gasteiger partial charge is 0.303 e. The first kappa shape index (κ1) is 27.1. The van der Waals surface area contributed by atoms with Gasteiger partial charge in [-0.05, 0) is 53.6 Å². The minimum atomic E-state index is -0.881. The molecule has 1 aromatic rings. The number of Topliss-reactive ketones (excluding diaryl/α,β-unsaturated/α-hetero) is 1. The number of nitrogens with zero attached hydrogens (tertiary/aromatic N) is 1. The zero-order valence-corrected chi connectivity index (χ0v) is 22.9. The van der Waals surface area contributed by atoms with Gasteiger partial charge in [-0.2, -0.15) is 0 Å². The van der Waals surface area contributed by atoms with Gasteiger partial charge < -0.3 is 14.9 Å². The number of aliphatic carboxylic acids is 1. The number of carbonyl (C=O) groups is 5. The van der Waals surface area contributed by atoms with E-state index in [0.717, 1.165) is 5.57 Å². The third-order valence-electron chi connectivity index (χ3n) is 8.24. The molecule has 1 aromatic carbocycles. The number of methoxy groups -OCH3 is 1. The Morgan fingerprint density at radius 2 is 1.87 bits per heavy atom. The molecule has 0 radical (unpaired) electrons. The van der Waals surface area contributed by atoms with Gasteiger partial charge in [0.1, 0.15) is 11.5 Å². The number of phenols is 1. The van der Waals surface area contributed by atoms with Crippen molar-refractivity contribution in [2.24, 2.45) is 17.8 Å². The van der Waals surface area contributed by atoms with E-state index in [-0.39, 0.29) is 58.6 Å². The van der Waals surface area contributed by atoms with Crippen molar-refractivity contribution in [3.05, 3.63) is 57.1 Å². The maximum absolute atomic E-state index is 13.7. The topological polar surface area (TPSA) is 138 Å². The Balaban J connectivity index is 1.51. The zero-order chi connectivity index (χ0) is 28.0. The Morgan fingerprint density at radius 1 is 1.10 bits per heavy atom. The van der Waals surface area contributed by atoms with E-state index in [0.29, 0.717) is 42.6 Å². The first-order chi connectivity index (χ1) is 18.6. The Morgan fingerprint density at radius 3 is 2.56 bits per heavy atom. The summed E-state index contributed by atoms with van der Waals surface area (Å²) < 4.78 is 5.36. The second-order valence-corrected chi connectivity index (χ2v) is 11.2. The van der Waals surface area contributed by atoms with Crippen LogP contribution >= 0.6 is 15.9 Å². The number of unbranched alkanes of at least 4 members (excludes halogenated alkanes) is 2. The van der Waals surface area contributed by atoms with Crippen molar-refractivity contribution in [2.75, 3.05) is 13.7 Å². The van der Waals surface area contributed by atoms with Crippen LogP contribution in [0.2, 0.25) is 0 Å². The van der Waals surface area contributed by atoms with Crippen molar-refractivity contribution in [1.29, 1.82) is 0 Å². The Bertz CT molecular complexity index is 1390. The van der Waals surface area contributed by atoms with E-state index >= 15 is 0 Å². The average molecular weight is 598 g/mol. The van der Waals surface area contributed by atoms with Crippen LogP contribution < -0.4 is 4.74 Å². The van der Waals surface area contributed by atoms with Crippen LogP contribution in [0.1, 0.15) is 50.0 Å². The third-order valence-corrected chi connectivity index (χ3v) is 8.83. The number of amides is 2. The van der Waals surface area contributed by atoms with Crippen LogP contribution in [-0.4, -0.2) is 58.1 Å². The van der Waals surface area contributed by atoms with Gasteiger partial charge in [-0.1, -0.05) is 24.1 Å². The van der Waals surface area contributed by atoms with Gasteiger partial charge in [0.15, 0.2) is 11.6 Å². The fourth-order valence-corrected chi connectivity index (χ4v) is 6.91. The number of carboxylic acid groups (broad SMARTS) is 1. The number of ether oxygens (including phenoxy) is 1.